The van der Waals surface area contributed by atoms with Crippen LogP contribution in [0.4, 0.5) is 23.2 Å². The molecule has 4 rings (SSSR count). The molecule has 0 spiro atoms. The predicted octanol–water partition coefficient (Wildman–Crippen LogP) is 2.26. The quantitative estimate of drug-likeness (QED) is 0.683. The molecule has 0 bridgehead atoms. The second-order valence-corrected chi connectivity index (χ2v) is 7.82. The number of halogens is 4. The Bertz CT molecular complexity index is 855. The maximum atomic E-state index is 14.4. The molecule has 2 aromatic rings. The van der Waals surface area contributed by atoms with E-state index in [0.717, 1.165) is 11.3 Å². The van der Waals surface area contributed by atoms with Gasteiger partial charge in [-0.2, -0.15) is 5.10 Å². The summed E-state index contributed by atoms with van der Waals surface area (Å²) in [6.07, 6.45) is -2.75. The molecule has 0 saturated heterocycles. The number of aromatic amines is 1. The molecule has 0 aliphatic carbocycles. The van der Waals surface area contributed by atoms with Gasteiger partial charge in [-0.1, -0.05) is 0 Å². The van der Waals surface area contributed by atoms with E-state index in [2.05, 4.69) is 15.5 Å². The summed E-state index contributed by atoms with van der Waals surface area (Å²) in [5, 5.41) is 18.5. The van der Waals surface area contributed by atoms with Crippen LogP contribution in [-0.2, 0) is 6.42 Å². The minimum Gasteiger partial charge on any atom is -0.387 e. The fourth-order valence-electron chi connectivity index (χ4n) is 3.64. The zero-order valence-electron chi connectivity index (χ0n) is 13.9. The Hall–Kier alpha value is -2.14. The third-order valence-electron chi connectivity index (χ3n) is 4.71. The number of aromatic nitrogens is 2. The Kier molecular flexibility index (Phi) is 4.38. The minimum absolute atomic E-state index is 0.0767. The lowest BCUT2D eigenvalue weighted by atomic mass is 9.97. The summed E-state index contributed by atoms with van der Waals surface area (Å²) in [7, 11) is 0. The van der Waals surface area contributed by atoms with E-state index in [-0.39, 0.29) is 11.4 Å². The third kappa shape index (κ3) is 3.29. The number of nitrogens with zero attached hydrogens (tertiary/aromatic N) is 2. The van der Waals surface area contributed by atoms with Gasteiger partial charge in [-0.3, -0.25) is 9.89 Å². The SMILES string of the molecule is O=C1N[C@@H](C[C@H](O)C(F)F)CN2CC(F)(F)Cc3c(-c4cn[nH]c4)sc1c32. The number of alkyl halides is 4. The van der Waals surface area contributed by atoms with Crippen molar-refractivity contribution >= 4 is 22.9 Å². The van der Waals surface area contributed by atoms with Crippen molar-refractivity contribution in [3.8, 4) is 10.4 Å². The monoisotopic (exact) mass is 404 g/mol. The van der Waals surface area contributed by atoms with Crippen LogP contribution >= 0.6 is 11.3 Å². The molecule has 0 aromatic carbocycles. The summed E-state index contributed by atoms with van der Waals surface area (Å²) in [5.74, 6) is -3.53. The van der Waals surface area contributed by atoms with Crippen LogP contribution in [0.25, 0.3) is 10.4 Å². The number of amides is 1. The van der Waals surface area contributed by atoms with Gasteiger partial charge in [-0.25, -0.2) is 17.6 Å². The van der Waals surface area contributed by atoms with Gasteiger partial charge in [0.1, 0.15) is 11.0 Å². The first-order valence-electron chi connectivity index (χ1n) is 8.30. The topological polar surface area (TPSA) is 81.2 Å². The van der Waals surface area contributed by atoms with Crippen LogP contribution in [0.15, 0.2) is 12.4 Å². The Balaban J connectivity index is 1.75. The number of rotatable bonds is 4. The molecule has 2 aliphatic rings. The highest BCUT2D eigenvalue weighted by molar-refractivity contribution is 7.18. The molecular formula is C16H16F4N4O2S. The van der Waals surface area contributed by atoms with Gasteiger partial charge >= 0.3 is 0 Å². The second kappa shape index (κ2) is 6.48. The number of hydrogen-bond acceptors (Lipinski definition) is 5. The second-order valence-electron chi connectivity index (χ2n) is 6.80. The molecular weight excluding hydrogens is 388 g/mol. The van der Waals surface area contributed by atoms with Crippen molar-refractivity contribution in [3.63, 3.8) is 0 Å². The van der Waals surface area contributed by atoms with Crippen LogP contribution in [0, 0.1) is 0 Å². The first kappa shape index (κ1) is 18.2. The van der Waals surface area contributed by atoms with E-state index < -0.39 is 49.8 Å². The van der Waals surface area contributed by atoms with Crippen LogP contribution < -0.4 is 10.2 Å². The Morgan fingerprint density at radius 3 is 2.85 bits per heavy atom. The number of hydrogen-bond donors (Lipinski definition) is 3. The van der Waals surface area contributed by atoms with Crippen molar-refractivity contribution in [2.45, 2.75) is 37.3 Å². The predicted molar refractivity (Wildman–Crippen MR) is 90.6 cm³/mol. The fraction of sp³-hybridized carbons (Fsp3) is 0.500. The van der Waals surface area contributed by atoms with Crippen LogP contribution in [0.2, 0.25) is 0 Å². The summed E-state index contributed by atoms with van der Waals surface area (Å²) < 4.78 is 54.1. The lowest BCUT2D eigenvalue weighted by molar-refractivity contribution is -0.0146. The van der Waals surface area contributed by atoms with Crippen LogP contribution in [0.3, 0.4) is 0 Å². The average molecular weight is 404 g/mol. The summed E-state index contributed by atoms with van der Waals surface area (Å²) >= 11 is 1.08. The molecule has 0 saturated carbocycles. The van der Waals surface area contributed by atoms with Gasteiger partial charge in [0.25, 0.3) is 18.3 Å². The highest BCUT2D eigenvalue weighted by atomic mass is 32.1. The van der Waals surface area contributed by atoms with Gasteiger partial charge in [0.15, 0.2) is 0 Å². The highest BCUT2D eigenvalue weighted by Gasteiger charge is 2.45. The van der Waals surface area contributed by atoms with E-state index in [1.807, 2.05) is 0 Å². The molecule has 0 unspecified atom stereocenters. The van der Waals surface area contributed by atoms with Crippen LogP contribution in [0.5, 0.6) is 0 Å². The van der Waals surface area contributed by atoms with Crippen molar-refractivity contribution in [3.05, 3.63) is 22.8 Å². The first-order valence-corrected chi connectivity index (χ1v) is 9.11. The van der Waals surface area contributed by atoms with Gasteiger partial charge in [-0.05, 0) is 0 Å². The third-order valence-corrected chi connectivity index (χ3v) is 5.98. The summed E-state index contributed by atoms with van der Waals surface area (Å²) in [4.78, 5) is 14.8. The Morgan fingerprint density at radius 1 is 1.41 bits per heavy atom. The highest BCUT2D eigenvalue weighted by Crippen LogP contribution is 2.48. The normalized spacial score (nSPS) is 22.4. The minimum atomic E-state index is -3.02. The molecule has 146 valence electrons. The average Bonchev–Trinajstić information content (AvgIpc) is 3.17. The molecule has 4 heterocycles. The maximum Gasteiger partial charge on any atom is 0.269 e. The lowest BCUT2D eigenvalue weighted by Crippen LogP contribution is -2.48. The number of anilines is 1. The molecule has 6 nitrogen and oxygen atoms in total. The van der Waals surface area contributed by atoms with Crippen molar-refractivity contribution < 1.29 is 27.5 Å². The molecule has 2 aliphatic heterocycles. The van der Waals surface area contributed by atoms with E-state index in [1.54, 1.807) is 6.20 Å². The van der Waals surface area contributed by atoms with E-state index >= 15 is 0 Å². The number of nitrogens with one attached hydrogen (secondary N) is 2. The Morgan fingerprint density at radius 2 is 2.19 bits per heavy atom. The van der Waals surface area contributed by atoms with E-state index in [1.165, 1.54) is 11.1 Å². The number of carbonyl (C=O) groups excluding carboxylic acids is 1. The van der Waals surface area contributed by atoms with Crippen molar-refractivity contribution in [1.82, 2.24) is 15.5 Å². The number of H-pyrrole nitrogens is 1. The molecule has 2 atom stereocenters. The first-order chi connectivity index (χ1) is 12.7. The van der Waals surface area contributed by atoms with Gasteiger partial charge in [-0.15, -0.1) is 11.3 Å². The number of thiophene rings is 1. The molecule has 27 heavy (non-hydrogen) atoms. The summed E-state index contributed by atoms with van der Waals surface area (Å²) in [6.45, 7) is -0.683. The number of aliphatic hydroxyl groups is 1. The summed E-state index contributed by atoms with van der Waals surface area (Å²) in [5.41, 5.74) is 1.39. The van der Waals surface area contributed by atoms with Crippen LogP contribution in [-0.4, -0.2) is 58.8 Å². The molecule has 0 radical (unpaired) electrons. The van der Waals surface area contributed by atoms with Gasteiger partial charge in [0.2, 0.25) is 0 Å². The molecule has 2 aromatic heterocycles. The largest absolute Gasteiger partial charge is 0.387 e. The van der Waals surface area contributed by atoms with Gasteiger partial charge in [0.05, 0.1) is 18.4 Å². The molecule has 0 fully saturated rings. The van der Waals surface area contributed by atoms with Crippen molar-refractivity contribution in [1.29, 1.82) is 0 Å². The maximum absolute atomic E-state index is 14.4. The van der Waals surface area contributed by atoms with E-state index in [0.29, 0.717) is 21.7 Å². The number of carbonyl (C=O) groups is 1. The molecule has 3 N–H and O–H groups in total. The molecule has 11 heteroatoms. The lowest BCUT2D eigenvalue weighted by Gasteiger charge is -2.36. The molecule has 1 amide bonds. The van der Waals surface area contributed by atoms with E-state index in [4.69, 9.17) is 0 Å². The standard InChI is InChI=1S/C16H16F4N4O2S/c17-14(18)10(25)1-8-5-24-6-16(19,20)2-9-11(24)13(15(26)23-8)27-12(9)7-3-21-22-4-7/h3-4,8,10,14,25H,1-2,5-6H2,(H,21,22)(H,23,26)/t8-,10-/m0/s1. The van der Waals surface area contributed by atoms with Gasteiger partial charge < -0.3 is 15.3 Å². The Labute approximate surface area is 155 Å². The zero-order valence-corrected chi connectivity index (χ0v) is 14.7. The van der Waals surface area contributed by atoms with Crippen molar-refractivity contribution in [2.24, 2.45) is 0 Å². The van der Waals surface area contributed by atoms with Crippen molar-refractivity contribution in [2.75, 3.05) is 18.0 Å². The van der Waals surface area contributed by atoms with Gasteiger partial charge in [0, 0.05) is 47.6 Å². The number of aliphatic hydroxyl groups excluding tert-OH is 1. The van der Waals surface area contributed by atoms with Crippen LogP contribution in [0.1, 0.15) is 21.7 Å². The van der Waals surface area contributed by atoms with E-state index in [9.17, 15) is 27.5 Å². The smallest absolute Gasteiger partial charge is 0.269 e. The zero-order chi connectivity index (χ0) is 19.3. The fourth-order valence-corrected chi connectivity index (χ4v) is 4.86. The summed E-state index contributed by atoms with van der Waals surface area (Å²) in [6, 6.07) is -0.861.